The molecule has 104 valence electrons. The summed E-state index contributed by atoms with van der Waals surface area (Å²) in [4.78, 5) is 14.2. The van der Waals surface area contributed by atoms with Gasteiger partial charge in [0.1, 0.15) is 0 Å². The zero-order valence-corrected chi connectivity index (χ0v) is 11.8. The van der Waals surface area contributed by atoms with Crippen LogP contribution >= 0.6 is 0 Å². The smallest absolute Gasteiger partial charge is 0.223 e. The van der Waals surface area contributed by atoms with Crippen molar-refractivity contribution in [2.24, 2.45) is 5.92 Å². The van der Waals surface area contributed by atoms with Crippen molar-refractivity contribution in [1.29, 1.82) is 0 Å². The number of nitrogens with one attached hydrogen (secondary N) is 1. The Labute approximate surface area is 116 Å². The highest BCUT2D eigenvalue weighted by molar-refractivity contribution is 5.78. The summed E-state index contributed by atoms with van der Waals surface area (Å²) in [5.74, 6) is 0.511. The summed E-state index contributed by atoms with van der Waals surface area (Å²) in [6.07, 6.45) is 5.85. The van der Waals surface area contributed by atoms with Crippen LogP contribution in [-0.2, 0) is 4.79 Å². The molecule has 0 radical (unpaired) electrons. The first-order chi connectivity index (χ1) is 9.27. The average Bonchev–Trinajstić information content (AvgIpc) is 2.49. The van der Waals surface area contributed by atoms with Gasteiger partial charge in [-0.2, -0.15) is 0 Å². The first kappa shape index (κ1) is 13.9. The number of anilines is 1. The molecule has 1 N–H and O–H groups in total. The summed E-state index contributed by atoms with van der Waals surface area (Å²) in [6.45, 7) is 1.57. The molecule has 2 rings (SSSR count). The molecule has 0 aromatic heterocycles. The summed E-state index contributed by atoms with van der Waals surface area (Å²) < 4.78 is 0. The second-order valence-electron chi connectivity index (χ2n) is 5.38. The van der Waals surface area contributed by atoms with E-state index in [2.05, 4.69) is 29.4 Å². The van der Waals surface area contributed by atoms with Crippen LogP contribution in [0.5, 0.6) is 0 Å². The average molecular weight is 260 g/mol. The van der Waals surface area contributed by atoms with Crippen molar-refractivity contribution in [3.05, 3.63) is 30.3 Å². The van der Waals surface area contributed by atoms with E-state index in [1.807, 2.05) is 18.2 Å². The number of carbonyl (C=O) groups excluding carboxylic acids is 1. The highest BCUT2D eigenvalue weighted by atomic mass is 16.1. The molecule has 3 heteroatoms. The van der Waals surface area contributed by atoms with E-state index in [9.17, 15) is 4.79 Å². The van der Waals surface area contributed by atoms with E-state index >= 15 is 0 Å². The van der Waals surface area contributed by atoms with Gasteiger partial charge >= 0.3 is 0 Å². The molecule has 0 spiro atoms. The lowest BCUT2D eigenvalue weighted by Crippen LogP contribution is -2.37. The summed E-state index contributed by atoms with van der Waals surface area (Å²) in [5, 5.41) is 3.07. The Hall–Kier alpha value is -1.51. The van der Waals surface area contributed by atoms with Crippen molar-refractivity contribution in [2.75, 3.05) is 25.0 Å². The molecular weight excluding hydrogens is 236 g/mol. The maximum atomic E-state index is 12.0. The van der Waals surface area contributed by atoms with Gasteiger partial charge in [-0.1, -0.05) is 37.5 Å². The normalized spacial score (nSPS) is 16.1. The third-order valence-corrected chi connectivity index (χ3v) is 3.92. The van der Waals surface area contributed by atoms with Crippen LogP contribution < -0.4 is 10.2 Å². The van der Waals surface area contributed by atoms with E-state index in [1.165, 1.54) is 24.9 Å². The zero-order chi connectivity index (χ0) is 13.5. The first-order valence-electron chi connectivity index (χ1n) is 7.31. The van der Waals surface area contributed by atoms with Crippen molar-refractivity contribution in [2.45, 2.75) is 32.1 Å². The fraction of sp³-hybridized carbons (Fsp3) is 0.562. The SMILES string of the molecule is CN(CCNC(=O)C1CCCCC1)c1ccccc1. The maximum absolute atomic E-state index is 12.0. The van der Waals surface area contributed by atoms with Gasteiger partial charge < -0.3 is 10.2 Å². The Morgan fingerprint density at radius 2 is 1.89 bits per heavy atom. The van der Waals surface area contributed by atoms with Gasteiger partial charge in [0.05, 0.1) is 0 Å². The second kappa shape index (κ2) is 7.17. The third-order valence-electron chi connectivity index (χ3n) is 3.92. The molecule has 1 aromatic rings. The first-order valence-corrected chi connectivity index (χ1v) is 7.31. The summed E-state index contributed by atoms with van der Waals surface area (Å²) in [6, 6.07) is 10.3. The number of para-hydroxylation sites is 1. The van der Waals surface area contributed by atoms with Crippen molar-refractivity contribution in [3.8, 4) is 0 Å². The van der Waals surface area contributed by atoms with E-state index in [0.29, 0.717) is 0 Å². The van der Waals surface area contributed by atoms with Gasteiger partial charge in [-0.3, -0.25) is 4.79 Å². The number of hydrogen-bond acceptors (Lipinski definition) is 2. The van der Waals surface area contributed by atoms with Gasteiger partial charge in [0.25, 0.3) is 0 Å². The number of nitrogens with zero attached hydrogens (tertiary/aromatic N) is 1. The molecule has 0 heterocycles. The summed E-state index contributed by atoms with van der Waals surface area (Å²) in [7, 11) is 2.06. The molecule has 1 saturated carbocycles. The Balaban J connectivity index is 1.69. The molecule has 0 aliphatic heterocycles. The van der Waals surface area contributed by atoms with E-state index in [-0.39, 0.29) is 11.8 Å². The maximum Gasteiger partial charge on any atom is 0.223 e. The summed E-state index contributed by atoms with van der Waals surface area (Å²) in [5.41, 5.74) is 1.19. The van der Waals surface area contributed by atoms with Crippen LogP contribution in [0.15, 0.2) is 30.3 Å². The lowest BCUT2D eigenvalue weighted by molar-refractivity contribution is -0.125. The van der Waals surface area contributed by atoms with E-state index in [4.69, 9.17) is 0 Å². The van der Waals surface area contributed by atoms with Gasteiger partial charge in [-0.05, 0) is 25.0 Å². The number of likely N-dealkylation sites (N-methyl/N-ethyl adjacent to an activating group) is 1. The minimum Gasteiger partial charge on any atom is -0.373 e. The van der Waals surface area contributed by atoms with E-state index in [0.717, 1.165) is 25.9 Å². The van der Waals surface area contributed by atoms with Gasteiger partial charge in [0.15, 0.2) is 0 Å². The van der Waals surface area contributed by atoms with Crippen molar-refractivity contribution in [1.82, 2.24) is 5.32 Å². The number of benzene rings is 1. The molecule has 1 aliphatic rings. The molecule has 0 atom stereocenters. The molecule has 1 aromatic carbocycles. The predicted molar refractivity (Wildman–Crippen MR) is 79.3 cm³/mol. The van der Waals surface area contributed by atoms with Gasteiger partial charge in [0, 0.05) is 31.7 Å². The Bertz CT molecular complexity index is 385. The van der Waals surface area contributed by atoms with Crippen LogP contribution in [0, 0.1) is 5.92 Å². The van der Waals surface area contributed by atoms with Gasteiger partial charge in [-0.15, -0.1) is 0 Å². The minimum atomic E-state index is 0.251. The van der Waals surface area contributed by atoms with Crippen LogP contribution in [-0.4, -0.2) is 26.0 Å². The van der Waals surface area contributed by atoms with Crippen LogP contribution in [0.25, 0.3) is 0 Å². The molecule has 0 bridgehead atoms. The molecule has 1 amide bonds. The molecule has 0 unspecified atom stereocenters. The van der Waals surface area contributed by atoms with Crippen molar-refractivity contribution in [3.63, 3.8) is 0 Å². The van der Waals surface area contributed by atoms with E-state index in [1.54, 1.807) is 0 Å². The highest BCUT2D eigenvalue weighted by Gasteiger charge is 2.20. The predicted octanol–water partition coefficient (Wildman–Crippen LogP) is 2.82. The lowest BCUT2D eigenvalue weighted by Gasteiger charge is -2.23. The Morgan fingerprint density at radius 3 is 2.58 bits per heavy atom. The largest absolute Gasteiger partial charge is 0.373 e. The molecule has 1 aliphatic carbocycles. The third kappa shape index (κ3) is 4.27. The number of hydrogen-bond donors (Lipinski definition) is 1. The van der Waals surface area contributed by atoms with Gasteiger partial charge in [0.2, 0.25) is 5.91 Å². The molecule has 3 nitrogen and oxygen atoms in total. The Kier molecular flexibility index (Phi) is 5.25. The van der Waals surface area contributed by atoms with Crippen molar-refractivity contribution >= 4 is 11.6 Å². The fourth-order valence-corrected chi connectivity index (χ4v) is 2.67. The second-order valence-corrected chi connectivity index (χ2v) is 5.38. The quantitative estimate of drug-likeness (QED) is 0.883. The van der Waals surface area contributed by atoms with Crippen LogP contribution in [0.3, 0.4) is 0 Å². The lowest BCUT2D eigenvalue weighted by atomic mass is 9.89. The highest BCUT2D eigenvalue weighted by Crippen LogP contribution is 2.23. The summed E-state index contributed by atoms with van der Waals surface area (Å²) >= 11 is 0. The monoisotopic (exact) mass is 260 g/mol. The van der Waals surface area contributed by atoms with Crippen molar-refractivity contribution < 1.29 is 4.79 Å². The van der Waals surface area contributed by atoms with Gasteiger partial charge in [-0.25, -0.2) is 0 Å². The minimum absolute atomic E-state index is 0.251. The van der Waals surface area contributed by atoms with E-state index < -0.39 is 0 Å². The zero-order valence-electron chi connectivity index (χ0n) is 11.8. The van der Waals surface area contributed by atoms with Crippen LogP contribution in [0.4, 0.5) is 5.69 Å². The molecular formula is C16H24N2O. The number of rotatable bonds is 5. The number of carbonyl (C=O) groups is 1. The number of amides is 1. The molecule has 0 saturated heterocycles. The van der Waals surface area contributed by atoms with Crippen LogP contribution in [0.2, 0.25) is 0 Å². The Morgan fingerprint density at radius 1 is 1.21 bits per heavy atom. The molecule has 1 fully saturated rings. The standard InChI is InChI=1S/C16H24N2O/c1-18(15-10-6-3-7-11-15)13-12-17-16(19)14-8-4-2-5-9-14/h3,6-7,10-11,14H,2,4-5,8-9,12-13H2,1H3,(H,17,19). The molecule has 19 heavy (non-hydrogen) atoms. The fourth-order valence-electron chi connectivity index (χ4n) is 2.67. The topological polar surface area (TPSA) is 32.3 Å². The van der Waals surface area contributed by atoms with Crippen LogP contribution in [0.1, 0.15) is 32.1 Å².